The summed E-state index contributed by atoms with van der Waals surface area (Å²) in [5.74, 6) is -0.338. The van der Waals surface area contributed by atoms with E-state index < -0.39 is 17.7 Å². The van der Waals surface area contributed by atoms with Crippen LogP contribution in [0.5, 0.6) is 0 Å². The molecule has 1 unspecified atom stereocenters. The van der Waals surface area contributed by atoms with Crippen LogP contribution in [0.15, 0.2) is 18.2 Å². The number of carbonyl (C=O) groups excluding carboxylic acids is 1. The second-order valence-corrected chi connectivity index (χ2v) is 6.69. The number of aliphatic hydroxyl groups is 1. The number of morpholine rings is 1. The lowest BCUT2D eigenvalue weighted by molar-refractivity contribution is 0.0482. The van der Waals surface area contributed by atoms with Gasteiger partial charge in [-0.05, 0) is 38.5 Å². The van der Waals surface area contributed by atoms with Gasteiger partial charge < -0.3 is 24.8 Å². The molecule has 2 rings (SSSR count). The van der Waals surface area contributed by atoms with Crippen molar-refractivity contribution in [1.29, 1.82) is 0 Å². The van der Waals surface area contributed by atoms with Crippen molar-refractivity contribution in [3.63, 3.8) is 0 Å². The molecular formula is C17H25FN2O4. The van der Waals surface area contributed by atoms with E-state index in [1.54, 1.807) is 32.9 Å². The maximum Gasteiger partial charge on any atom is 0.408 e. The number of nitrogens with one attached hydrogen (secondary N) is 1. The molecule has 1 heterocycles. The van der Waals surface area contributed by atoms with Gasteiger partial charge in [-0.25, -0.2) is 9.18 Å². The van der Waals surface area contributed by atoms with Gasteiger partial charge in [0.05, 0.1) is 31.5 Å². The molecule has 1 aliphatic heterocycles. The van der Waals surface area contributed by atoms with Crippen LogP contribution in [0.3, 0.4) is 0 Å². The van der Waals surface area contributed by atoms with Crippen molar-refractivity contribution in [3.8, 4) is 0 Å². The second-order valence-electron chi connectivity index (χ2n) is 6.69. The smallest absolute Gasteiger partial charge is 0.408 e. The van der Waals surface area contributed by atoms with Gasteiger partial charge in [0, 0.05) is 13.1 Å². The lowest BCUT2D eigenvalue weighted by atomic mass is 10.1. The molecule has 2 N–H and O–H groups in total. The van der Waals surface area contributed by atoms with Crippen LogP contribution in [0.2, 0.25) is 0 Å². The Morgan fingerprint density at radius 3 is 2.67 bits per heavy atom. The average Bonchev–Trinajstić information content (AvgIpc) is 2.52. The Labute approximate surface area is 141 Å². The Morgan fingerprint density at radius 2 is 2.08 bits per heavy atom. The zero-order valence-corrected chi connectivity index (χ0v) is 14.3. The van der Waals surface area contributed by atoms with E-state index in [9.17, 15) is 14.3 Å². The zero-order chi connectivity index (χ0) is 17.7. The van der Waals surface area contributed by atoms with Crippen molar-refractivity contribution < 1.29 is 23.8 Å². The van der Waals surface area contributed by atoms with Crippen molar-refractivity contribution in [1.82, 2.24) is 5.32 Å². The van der Waals surface area contributed by atoms with Gasteiger partial charge in [-0.1, -0.05) is 6.07 Å². The van der Waals surface area contributed by atoms with E-state index in [1.807, 2.05) is 4.90 Å². The first-order valence-electron chi connectivity index (χ1n) is 8.02. The van der Waals surface area contributed by atoms with Gasteiger partial charge in [-0.2, -0.15) is 0 Å². The SMILES string of the molecule is CC(C)(C)OC(=O)NC(CO)c1ccc(F)c(N2CCOCC2)c1. The topological polar surface area (TPSA) is 71.0 Å². The van der Waals surface area contributed by atoms with Gasteiger partial charge >= 0.3 is 6.09 Å². The highest BCUT2D eigenvalue weighted by atomic mass is 19.1. The van der Waals surface area contributed by atoms with Gasteiger partial charge in [-0.3, -0.25) is 0 Å². The highest BCUT2D eigenvalue weighted by molar-refractivity contribution is 5.68. The van der Waals surface area contributed by atoms with Crippen molar-refractivity contribution >= 4 is 11.8 Å². The molecule has 0 spiro atoms. The van der Waals surface area contributed by atoms with E-state index in [1.165, 1.54) is 6.07 Å². The summed E-state index contributed by atoms with van der Waals surface area (Å²) < 4.78 is 24.6. The number of aliphatic hydroxyl groups excluding tert-OH is 1. The van der Waals surface area contributed by atoms with Gasteiger partial charge in [0.2, 0.25) is 0 Å². The van der Waals surface area contributed by atoms with Crippen LogP contribution in [0.4, 0.5) is 14.9 Å². The highest BCUT2D eigenvalue weighted by Gasteiger charge is 2.22. The maximum absolute atomic E-state index is 14.1. The van der Waals surface area contributed by atoms with Gasteiger partial charge in [-0.15, -0.1) is 0 Å². The second kappa shape index (κ2) is 7.81. The first-order valence-corrected chi connectivity index (χ1v) is 8.02. The molecule has 1 aromatic carbocycles. The summed E-state index contributed by atoms with van der Waals surface area (Å²) >= 11 is 0. The molecule has 0 saturated carbocycles. The lowest BCUT2D eigenvalue weighted by Gasteiger charge is -2.30. The summed E-state index contributed by atoms with van der Waals surface area (Å²) in [5.41, 5.74) is 0.428. The summed E-state index contributed by atoms with van der Waals surface area (Å²) in [6, 6.07) is 3.89. The van der Waals surface area contributed by atoms with Crippen molar-refractivity contribution in [3.05, 3.63) is 29.6 Å². The van der Waals surface area contributed by atoms with Crippen LogP contribution in [0, 0.1) is 5.82 Å². The molecule has 0 aliphatic carbocycles. The molecular weight excluding hydrogens is 315 g/mol. The highest BCUT2D eigenvalue weighted by Crippen LogP contribution is 2.25. The molecule has 1 atom stereocenters. The molecule has 134 valence electrons. The number of halogens is 1. The minimum atomic E-state index is -0.666. The molecule has 0 bridgehead atoms. The number of nitrogens with zero attached hydrogens (tertiary/aromatic N) is 1. The lowest BCUT2D eigenvalue weighted by Crippen LogP contribution is -2.38. The maximum atomic E-state index is 14.1. The number of hydrogen-bond donors (Lipinski definition) is 2. The third kappa shape index (κ3) is 5.07. The molecule has 1 fully saturated rings. The Bertz CT molecular complexity index is 568. The van der Waals surface area contributed by atoms with E-state index in [-0.39, 0.29) is 12.4 Å². The van der Waals surface area contributed by atoms with Crippen molar-refractivity contribution in [2.75, 3.05) is 37.8 Å². The van der Waals surface area contributed by atoms with E-state index in [2.05, 4.69) is 5.32 Å². The van der Waals surface area contributed by atoms with Crippen LogP contribution >= 0.6 is 0 Å². The Hall–Kier alpha value is -1.86. The third-order valence-electron chi connectivity index (χ3n) is 3.60. The molecule has 6 nitrogen and oxygen atoms in total. The summed E-state index contributed by atoms with van der Waals surface area (Å²) in [7, 11) is 0. The average molecular weight is 340 g/mol. The summed E-state index contributed by atoms with van der Waals surface area (Å²) in [6.45, 7) is 7.26. The molecule has 0 radical (unpaired) electrons. The normalized spacial score (nSPS) is 16.6. The third-order valence-corrected chi connectivity index (χ3v) is 3.60. The van der Waals surface area contributed by atoms with Gasteiger partial charge in [0.15, 0.2) is 0 Å². The standard InChI is InChI=1S/C17H25FN2O4/c1-17(2,3)24-16(22)19-14(11-21)12-4-5-13(18)15(10-12)20-6-8-23-9-7-20/h4-5,10,14,21H,6-9,11H2,1-3H3,(H,19,22). The number of benzene rings is 1. The molecule has 1 saturated heterocycles. The number of amides is 1. The zero-order valence-electron chi connectivity index (χ0n) is 14.3. The minimum absolute atomic E-state index is 0.312. The number of anilines is 1. The van der Waals surface area contributed by atoms with Crippen LogP contribution in [0.1, 0.15) is 32.4 Å². The number of carbonyl (C=O) groups is 1. The predicted octanol–water partition coefficient (Wildman–Crippen LogP) is 2.22. The predicted molar refractivity (Wildman–Crippen MR) is 88.6 cm³/mol. The van der Waals surface area contributed by atoms with E-state index in [0.717, 1.165) is 0 Å². The van der Waals surface area contributed by atoms with Crippen LogP contribution < -0.4 is 10.2 Å². The van der Waals surface area contributed by atoms with E-state index in [0.29, 0.717) is 37.6 Å². The largest absolute Gasteiger partial charge is 0.444 e. The fourth-order valence-corrected chi connectivity index (χ4v) is 2.48. The monoisotopic (exact) mass is 340 g/mol. The molecule has 1 amide bonds. The molecule has 24 heavy (non-hydrogen) atoms. The number of ether oxygens (including phenoxy) is 2. The molecule has 0 aromatic heterocycles. The summed E-state index contributed by atoms with van der Waals surface area (Å²) in [6.07, 6.45) is -0.626. The quantitative estimate of drug-likeness (QED) is 0.879. The molecule has 1 aliphatic rings. The molecule has 1 aromatic rings. The fraction of sp³-hybridized carbons (Fsp3) is 0.588. The fourth-order valence-electron chi connectivity index (χ4n) is 2.48. The van der Waals surface area contributed by atoms with Gasteiger partial charge in [0.1, 0.15) is 11.4 Å². The van der Waals surface area contributed by atoms with Crippen molar-refractivity contribution in [2.24, 2.45) is 0 Å². The minimum Gasteiger partial charge on any atom is -0.444 e. The first-order chi connectivity index (χ1) is 11.3. The molecule has 7 heteroatoms. The number of rotatable bonds is 4. The Morgan fingerprint density at radius 1 is 1.42 bits per heavy atom. The Balaban J connectivity index is 2.14. The van der Waals surface area contributed by atoms with E-state index in [4.69, 9.17) is 9.47 Å². The summed E-state index contributed by atoms with van der Waals surface area (Å²) in [4.78, 5) is 13.8. The van der Waals surface area contributed by atoms with Gasteiger partial charge in [0.25, 0.3) is 0 Å². The van der Waals surface area contributed by atoms with E-state index >= 15 is 0 Å². The van der Waals surface area contributed by atoms with Crippen LogP contribution in [0.25, 0.3) is 0 Å². The summed E-state index contributed by atoms with van der Waals surface area (Å²) in [5, 5.41) is 12.2. The number of alkyl carbamates (subject to hydrolysis) is 1. The van der Waals surface area contributed by atoms with Crippen LogP contribution in [-0.4, -0.2) is 49.7 Å². The van der Waals surface area contributed by atoms with Crippen LogP contribution in [-0.2, 0) is 9.47 Å². The Kier molecular flexibility index (Phi) is 6.01. The first kappa shape index (κ1) is 18.5. The number of hydrogen-bond acceptors (Lipinski definition) is 5. The van der Waals surface area contributed by atoms with Crippen molar-refractivity contribution in [2.45, 2.75) is 32.4 Å².